The second-order valence-corrected chi connectivity index (χ2v) is 5.94. The molecule has 0 aliphatic heterocycles. The van der Waals surface area contributed by atoms with E-state index < -0.39 is 24.7 Å². The molecule has 19 heavy (non-hydrogen) atoms. The Morgan fingerprint density at radius 1 is 1.32 bits per heavy atom. The molecule has 0 heterocycles. The van der Waals surface area contributed by atoms with Gasteiger partial charge in [-0.15, -0.1) is 0 Å². The van der Waals surface area contributed by atoms with Crippen LogP contribution >= 0.6 is 0 Å². The van der Waals surface area contributed by atoms with E-state index in [1.807, 2.05) is 6.92 Å². The van der Waals surface area contributed by atoms with Crippen molar-refractivity contribution in [3.63, 3.8) is 0 Å². The number of halogens is 3. The molecule has 0 aromatic carbocycles. The SMILES string of the molecule is CC1CC(N)CC(C(=O)N(CC(F)(F)F)C(C)C)C1. The molecule has 0 bridgehead atoms. The molecule has 0 saturated heterocycles. The van der Waals surface area contributed by atoms with Crippen molar-refractivity contribution in [2.75, 3.05) is 6.54 Å². The van der Waals surface area contributed by atoms with Gasteiger partial charge in [0.05, 0.1) is 0 Å². The number of carbonyl (C=O) groups excluding carboxylic acids is 1. The quantitative estimate of drug-likeness (QED) is 0.863. The van der Waals surface area contributed by atoms with E-state index in [4.69, 9.17) is 5.73 Å². The Labute approximate surface area is 112 Å². The average molecular weight is 280 g/mol. The normalized spacial score (nSPS) is 28.5. The lowest BCUT2D eigenvalue weighted by Gasteiger charge is -2.36. The standard InChI is InChI=1S/C13H23F3N2O/c1-8(2)18(7-13(14,15)16)12(19)10-4-9(3)5-11(17)6-10/h8-11H,4-7,17H2,1-3H3. The fourth-order valence-electron chi connectivity index (χ4n) is 2.80. The van der Waals surface area contributed by atoms with Crippen LogP contribution in [-0.2, 0) is 4.79 Å². The Hall–Kier alpha value is -0.780. The summed E-state index contributed by atoms with van der Waals surface area (Å²) in [7, 11) is 0. The molecule has 3 atom stereocenters. The molecule has 3 unspecified atom stereocenters. The first-order chi connectivity index (χ1) is 8.60. The van der Waals surface area contributed by atoms with Gasteiger partial charge in [-0.3, -0.25) is 4.79 Å². The lowest BCUT2D eigenvalue weighted by atomic mass is 9.79. The Kier molecular flexibility index (Phi) is 5.24. The number of hydrogen-bond acceptors (Lipinski definition) is 2. The second kappa shape index (κ2) is 6.11. The summed E-state index contributed by atoms with van der Waals surface area (Å²) in [5, 5.41) is 0. The van der Waals surface area contributed by atoms with Gasteiger partial charge in [-0.2, -0.15) is 13.2 Å². The minimum Gasteiger partial charge on any atom is -0.331 e. The van der Waals surface area contributed by atoms with Crippen molar-refractivity contribution in [1.29, 1.82) is 0 Å². The van der Waals surface area contributed by atoms with Gasteiger partial charge >= 0.3 is 6.18 Å². The van der Waals surface area contributed by atoms with Crippen LogP contribution in [0.4, 0.5) is 13.2 Å². The molecule has 2 N–H and O–H groups in total. The first kappa shape index (κ1) is 16.3. The molecule has 1 fully saturated rings. The molecule has 1 rings (SSSR count). The maximum absolute atomic E-state index is 12.5. The van der Waals surface area contributed by atoms with Gasteiger partial charge in [0.25, 0.3) is 0 Å². The molecule has 0 spiro atoms. The van der Waals surface area contributed by atoms with Gasteiger partial charge in [0.15, 0.2) is 0 Å². The zero-order chi connectivity index (χ0) is 14.8. The van der Waals surface area contributed by atoms with Crippen molar-refractivity contribution in [2.24, 2.45) is 17.6 Å². The van der Waals surface area contributed by atoms with Crippen molar-refractivity contribution < 1.29 is 18.0 Å². The molecule has 1 amide bonds. The van der Waals surface area contributed by atoms with Gasteiger partial charge < -0.3 is 10.6 Å². The third-order valence-electron chi connectivity index (χ3n) is 3.58. The molecule has 1 saturated carbocycles. The highest BCUT2D eigenvalue weighted by atomic mass is 19.4. The summed E-state index contributed by atoms with van der Waals surface area (Å²) in [6, 6.07) is -0.541. The van der Waals surface area contributed by atoms with Crippen LogP contribution in [0.1, 0.15) is 40.0 Å². The molecule has 6 heteroatoms. The lowest BCUT2D eigenvalue weighted by molar-refractivity contribution is -0.168. The zero-order valence-corrected chi connectivity index (χ0v) is 11.7. The van der Waals surface area contributed by atoms with Crippen LogP contribution in [-0.4, -0.2) is 35.6 Å². The van der Waals surface area contributed by atoms with Crippen LogP contribution in [0.5, 0.6) is 0 Å². The summed E-state index contributed by atoms with van der Waals surface area (Å²) in [6.07, 6.45) is -2.40. The van der Waals surface area contributed by atoms with Gasteiger partial charge in [-0.25, -0.2) is 0 Å². The number of hydrogen-bond donors (Lipinski definition) is 1. The average Bonchev–Trinajstić information content (AvgIpc) is 2.22. The summed E-state index contributed by atoms with van der Waals surface area (Å²) in [5.74, 6) is -0.490. The van der Waals surface area contributed by atoms with E-state index in [0.717, 1.165) is 11.3 Å². The Morgan fingerprint density at radius 3 is 2.32 bits per heavy atom. The monoisotopic (exact) mass is 280 g/mol. The molecular formula is C13H23F3N2O. The number of amides is 1. The van der Waals surface area contributed by atoms with E-state index >= 15 is 0 Å². The number of alkyl halides is 3. The van der Waals surface area contributed by atoms with Crippen LogP contribution in [0.15, 0.2) is 0 Å². The first-order valence-electron chi connectivity index (χ1n) is 6.73. The van der Waals surface area contributed by atoms with Gasteiger partial charge in [-0.05, 0) is 39.0 Å². The number of rotatable bonds is 3. The first-order valence-corrected chi connectivity index (χ1v) is 6.73. The summed E-state index contributed by atoms with van der Waals surface area (Å²) >= 11 is 0. The maximum atomic E-state index is 12.5. The molecule has 3 nitrogen and oxygen atoms in total. The predicted molar refractivity (Wildman–Crippen MR) is 67.4 cm³/mol. The highest BCUT2D eigenvalue weighted by Crippen LogP contribution is 2.31. The highest BCUT2D eigenvalue weighted by molar-refractivity contribution is 5.79. The van der Waals surface area contributed by atoms with Crippen LogP contribution in [0.25, 0.3) is 0 Å². The van der Waals surface area contributed by atoms with Gasteiger partial charge in [-0.1, -0.05) is 6.92 Å². The van der Waals surface area contributed by atoms with Crippen LogP contribution in [0, 0.1) is 11.8 Å². The van der Waals surface area contributed by atoms with Crippen molar-refractivity contribution in [3.05, 3.63) is 0 Å². The zero-order valence-electron chi connectivity index (χ0n) is 11.7. The number of nitrogens with two attached hydrogens (primary N) is 1. The van der Waals surface area contributed by atoms with E-state index in [2.05, 4.69) is 0 Å². The van der Waals surface area contributed by atoms with E-state index in [9.17, 15) is 18.0 Å². The van der Waals surface area contributed by atoms with Crippen molar-refractivity contribution in [1.82, 2.24) is 4.90 Å². The summed E-state index contributed by atoms with van der Waals surface area (Å²) in [5.41, 5.74) is 5.86. The Morgan fingerprint density at radius 2 is 1.89 bits per heavy atom. The van der Waals surface area contributed by atoms with Gasteiger partial charge in [0.2, 0.25) is 5.91 Å². The molecule has 0 aromatic rings. The van der Waals surface area contributed by atoms with Gasteiger partial charge in [0, 0.05) is 18.0 Å². The minimum absolute atomic E-state index is 0.0856. The third-order valence-corrected chi connectivity index (χ3v) is 3.58. The largest absolute Gasteiger partial charge is 0.406 e. The highest BCUT2D eigenvalue weighted by Gasteiger charge is 2.38. The fraction of sp³-hybridized carbons (Fsp3) is 0.923. The lowest BCUT2D eigenvalue weighted by Crippen LogP contribution is -2.48. The van der Waals surface area contributed by atoms with Crippen molar-refractivity contribution in [3.8, 4) is 0 Å². The maximum Gasteiger partial charge on any atom is 0.406 e. The smallest absolute Gasteiger partial charge is 0.331 e. The second-order valence-electron chi connectivity index (χ2n) is 5.94. The van der Waals surface area contributed by atoms with E-state index in [0.29, 0.717) is 12.8 Å². The molecule has 1 aliphatic rings. The van der Waals surface area contributed by atoms with E-state index in [1.165, 1.54) is 0 Å². The van der Waals surface area contributed by atoms with Crippen LogP contribution < -0.4 is 5.73 Å². The van der Waals surface area contributed by atoms with Crippen LogP contribution in [0.2, 0.25) is 0 Å². The molecule has 1 aliphatic carbocycles. The number of carbonyl (C=O) groups is 1. The number of nitrogens with zero attached hydrogens (tertiary/aromatic N) is 1. The molecular weight excluding hydrogens is 257 g/mol. The summed E-state index contributed by atoms with van der Waals surface area (Å²) < 4.78 is 37.6. The minimum atomic E-state index is -4.36. The molecule has 0 aromatic heterocycles. The summed E-state index contributed by atoms with van der Waals surface area (Å²) in [4.78, 5) is 13.2. The van der Waals surface area contributed by atoms with Crippen molar-refractivity contribution >= 4 is 5.91 Å². The summed E-state index contributed by atoms with van der Waals surface area (Å²) in [6.45, 7) is 4.03. The Balaban J connectivity index is 2.76. The topological polar surface area (TPSA) is 46.3 Å². The van der Waals surface area contributed by atoms with Gasteiger partial charge in [0.1, 0.15) is 6.54 Å². The van der Waals surface area contributed by atoms with E-state index in [-0.39, 0.29) is 17.9 Å². The van der Waals surface area contributed by atoms with Crippen molar-refractivity contribution in [2.45, 2.75) is 58.3 Å². The molecule has 112 valence electrons. The third kappa shape index (κ3) is 5.01. The van der Waals surface area contributed by atoms with Crippen LogP contribution in [0.3, 0.4) is 0 Å². The Bertz CT molecular complexity index is 308. The fourth-order valence-corrected chi connectivity index (χ4v) is 2.80. The predicted octanol–water partition coefficient (Wildman–Crippen LogP) is 2.55. The van der Waals surface area contributed by atoms with E-state index in [1.54, 1.807) is 13.8 Å². The molecule has 0 radical (unpaired) electrons.